The minimum atomic E-state index is -0.217. The van der Waals surface area contributed by atoms with E-state index in [9.17, 15) is 4.79 Å². The monoisotopic (exact) mass is 386 g/mol. The Hall–Kier alpha value is -1.96. The maximum Gasteiger partial charge on any atom is 0.316 e. The first kappa shape index (κ1) is 16.5. The van der Waals surface area contributed by atoms with Gasteiger partial charge in [0, 0.05) is 5.75 Å². The van der Waals surface area contributed by atoms with Gasteiger partial charge in [0.1, 0.15) is 16.6 Å². The van der Waals surface area contributed by atoms with E-state index in [1.807, 2.05) is 42.5 Å². The maximum atomic E-state index is 11.9. The largest absolute Gasteiger partial charge is 0.458 e. The van der Waals surface area contributed by atoms with Crippen LogP contribution in [0.2, 0.25) is 0 Å². The number of fused-ring (bicyclic) bond motifs is 2. The third kappa shape index (κ3) is 4.00. The van der Waals surface area contributed by atoms with Crippen LogP contribution < -0.4 is 0 Å². The number of rotatable bonds is 6. The number of ether oxygens (including phenoxy) is 1. The molecule has 0 saturated heterocycles. The van der Waals surface area contributed by atoms with Gasteiger partial charge < -0.3 is 4.74 Å². The van der Waals surface area contributed by atoms with Gasteiger partial charge in [0.05, 0.1) is 26.2 Å². The van der Waals surface area contributed by atoms with Gasteiger partial charge in [0.2, 0.25) is 0 Å². The molecule has 126 valence electrons. The molecule has 0 aliphatic carbocycles. The summed E-state index contributed by atoms with van der Waals surface area (Å²) in [6.07, 6.45) is 0. The van der Waals surface area contributed by atoms with Crippen LogP contribution in [0.5, 0.6) is 0 Å². The Morgan fingerprint density at radius 3 is 2.20 bits per heavy atom. The molecule has 4 nitrogen and oxygen atoms in total. The summed E-state index contributed by atoms with van der Waals surface area (Å²) >= 11 is 4.75. The van der Waals surface area contributed by atoms with Gasteiger partial charge in [-0.15, -0.1) is 34.4 Å². The molecule has 2 heterocycles. The van der Waals surface area contributed by atoms with Crippen molar-refractivity contribution >= 4 is 60.8 Å². The Labute approximate surface area is 156 Å². The van der Waals surface area contributed by atoms with E-state index < -0.39 is 0 Å². The van der Waals surface area contributed by atoms with Crippen LogP contribution in [0.25, 0.3) is 20.4 Å². The molecule has 0 unspecified atom stereocenters. The molecule has 0 N–H and O–H groups in total. The van der Waals surface area contributed by atoms with E-state index in [0.717, 1.165) is 31.5 Å². The quantitative estimate of drug-likeness (QED) is 0.442. The number of para-hydroxylation sites is 2. The molecule has 0 radical (unpaired) electrons. The molecular formula is C18H14N2O2S3. The molecule has 0 fully saturated rings. The lowest BCUT2D eigenvalue weighted by atomic mass is 10.3. The molecule has 0 bridgehead atoms. The predicted molar refractivity (Wildman–Crippen MR) is 105 cm³/mol. The maximum absolute atomic E-state index is 11.9. The summed E-state index contributed by atoms with van der Waals surface area (Å²) in [5.41, 5.74) is 1.96. The lowest BCUT2D eigenvalue weighted by Gasteiger charge is -2.01. The second-order valence-corrected chi connectivity index (χ2v) is 8.52. The molecule has 4 rings (SSSR count). The van der Waals surface area contributed by atoms with Crippen molar-refractivity contribution in [3.8, 4) is 0 Å². The van der Waals surface area contributed by atoms with E-state index in [1.165, 1.54) is 16.5 Å². The zero-order valence-corrected chi connectivity index (χ0v) is 15.6. The molecule has 0 saturated carbocycles. The van der Waals surface area contributed by atoms with Gasteiger partial charge in [-0.3, -0.25) is 4.79 Å². The fraction of sp³-hybridized carbons (Fsp3) is 0.167. The zero-order valence-electron chi connectivity index (χ0n) is 13.2. The molecule has 0 spiro atoms. The highest BCUT2D eigenvalue weighted by molar-refractivity contribution is 7.99. The van der Waals surface area contributed by atoms with Crippen LogP contribution in [0, 0.1) is 0 Å². The molecule has 7 heteroatoms. The normalized spacial score (nSPS) is 11.2. The van der Waals surface area contributed by atoms with Crippen molar-refractivity contribution in [2.45, 2.75) is 12.4 Å². The summed E-state index contributed by atoms with van der Waals surface area (Å²) < 4.78 is 7.61. The number of carbonyl (C=O) groups excluding carboxylic acids is 1. The van der Waals surface area contributed by atoms with Gasteiger partial charge in [-0.25, -0.2) is 9.97 Å². The first-order chi connectivity index (χ1) is 12.3. The van der Waals surface area contributed by atoms with E-state index in [2.05, 4.69) is 16.0 Å². The van der Waals surface area contributed by atoms with Crippen LogP contribution in [0.1, 0.15) is 10.0 Å². The fourth-order valence-corrected chi connectivity index (χ4v) is 5.09. The molecule has 0 aliphatic heterocycles. The highest BCUT2D eigenvalue weighted by Crippen LogP contribution is 2.25. The van der Waals surface area contributed by atoms with Crippen LogP contribution in [-0.4, -0.2) is 21.7 Å². The summed E-state index contributed by atoms with van der Waals surface area (Å²) in [6, 6.07) is 16.0. The highest BCUT2D eigenvalue weighted by atomic mass is 32.2. The topological polar surface area (TPSA) is 52.1 Å². The van der Waals surface area contributed by atoms with Gasteiger partial charge >= 0.3 is 5.97 Å². The first-order valence-electron chi connectivity index (χ1n) is 7.70. The number of thiazole rings is 2. The van der Waals surface area contributed by atoms with Crippen molar-refractivity contribution in [3.63, 3.8) is 0 Å². The molecule has 0 atom stereocenters. The average Bonchev–Trinajstić information content (AvgIpc) is 3.23. The summed E-state index contributed by atoms with van der Waals surface area (Å²) in [7, 11) is 0. The summed E-state index contributed by atoms with van der Waals surface area (Å²) in [5, 5.41) is 1.86. The lowest BCUT2D eigenvalue weighted by molar-refractivity contribution is -0.141. The number of esters is 1. The van der Waals surface area contributed by atoms with Crippen molar-refractivity contribution in [2.24, 2.45) is 0 Å². The number of aromatic nitrogens is 2. The number of hydrogen-bond donors (Lipinski definition) is 0. The minimum absolute atomic E-state index is 0.217. The van der Waals surface area contributed by atoms with Crippen molar-refractivity contribution < 1.29 is 9.53 Å². The van der Waals surface area contributed by atoms with E-state index in [0.29, 0.717) is 5.75 Å². The zero-order chi connectivity index (χ0) is 17.1. The van der Waals surface area contributed by atoms with Crippen LogP contribution >= 0.6 is 34.4 Å². The molecule has 25 heavy (non-hydrogen) atoms. The van der Waals surface area contributed by atoms with Crippen LogP contribution in [0.3, 0.4) is 0 Å². The van der Waals surface area contributed by atoms with E-state index >= 15 is 0 Å². The molecule has 2 aromatic heterocycles. The van der Waals surface area contributed by atoms with Gasteiger partial charge in [0.15, 0.2) is 0 Å². The smallest absolute Gasteiger partial charge is 0.316 e. The molecule has 0 amide bonds. The molecule has 2 aromatic carbocycles. The third-order valence-electron chi connectivity index (χ3n) is 3.48. The predicted octanol–water partition coefficient (Wildman–Crippen LogP) is 4.88. The number of benzene rings is 2. The Kier molecular flexibility index (Phi) is 4.96. The molecular weight excluding hydrogens is 372 g/mol. The number of thioether (sulfide) groups is 1. The molecule has 4 aromatic rings. The first-order valence-corrected chi connectivity index (χ1v) is 10.5. The lowest BCUT2D eigenvalue weighted by Crippen LogP contribution is -2.07. The summed E-state index contributed by atoms with van der Waals surface area (Å²) in [5.74, 6) is 0.821. The average molecular weight is 387 g/mol. The van der Waals surface area contributed by atoms with E-state index in [-0.39, 0.29) is 12.6 Å². The Bertz CT molecular complexity index is 959. The SMILES string of the molecule is O=C(CSCc1nc2ccccc2s1)OCc1nc2ccccc2s1. The number of hydrogen-bond acceptors (Lipinski definition) is 7. The van der Waals surface area contributed by atoms with Gasteiger partial charge in [-0.05, 0) is 24.3 Å². The van der Waals surface area contributed by atoms with Crippen molar-refractivity contribution in [3.05, 3.63) is 58.5 Å². The number of nitrogens with zero attached hydrogens (tertiary/aromatic N) is 2. The van der Waals surface area contributed by atoms with E-state index in [1.54, 1.807) is 22.7 Å². The fourth-order valence-electron chi connectivity index (χ4n) is 2.37. The Balaban J connectivity index is 1.26. The van der Waals surface area contributed by atoms with E-state index in [4.69, 9.17) is 4.74 Å². The van der Waals surface area contributed by atoms with Gasteiger partial charge in [0.25, 0.3) is 0 Å². The van der Waals surface area contributed by atoms with Crippen LogP contribution in [-0.2, 0) is 21.9 Å². The second-order valence-electron chi connectivity index (χ2n) is 5.30. The summed E-state index contributed by atoms with van der Waals surface area (Å²) in [4.78, 5) is 20.9. The second kappa shape index (κ2) is 7.51. The van der Waals surface area contributed by atoms with Crippen molar-refractivity contribution in [1.82, 2.24) is 9.97 Å². The standard InChI is InChI=1S/C18H14N2O2S3/c21-18(22-9-16-19-12-5-1-3-7-14(12)24-16)11-23-10-17-20-13-6-2-4-8-15(13)25-17/h1-8H,9-11H2. The third-order valence-corrected chi connectivity index (χ3v) is 6.62. The minimum Gasteiger partial charge on any atom is -0.458 e. The summed E-state index contributed by atoms with van der Waals surface area (Å²) in [6.45, 7) is 0.236. The number of carbonyl (C=O) groups is 1. The van der Waals surface area contributed by atoms with Crippen LogP contribution in [0.15, 0.2) is 48.5 Å². The van der Waals surface area contributed by atoms with Crippen molar-refractivity contribution in [2.75, 3.05) is 5.75 Å². The molecule has 0 aliphatic rings. The van der Waals surface area contributed by atoms with Gasteiger partial charge in [-0.2, -0.15) is 0 Å². The van der Waals surface area contributed by atoms with Crippen LogP contribution in [0.4, 0.5) is 0 Å². The van der Waals surface area contributed by atoms with Crippen molar-refractivity contribution in [1.29, 1.82) is 0 Å². The Morgan fingerprint density at radius 2 is 1.52 bits per heavy atom. The van der Waals surface area contributed by atoms with Gasteiger partial charge in [-0.1, -0.05) is 24.3 Å². The Morgan fingerprint density at radius 1 is 0.920 bits per heavy atom. The highest BCUT2D eigenvalue weighted by Gasteiger charge is 2.09.